The van der Waals surface area contributed by atoms with Crippen LogP contribution in [0.1, 0.15) is 21.0 Å². The van der Waals surface area contributed by atoms with Crippen LogP contribution in [0.5, 0.6) is 0 Å². The first-order chi connectivity index (χ1) is 13.2. The highest BCUT2D eigenvalue weighted by Crippen LogP contribution is 2.07. The van der Waals surface area contributed by atoms with Crippen molar-refractivity contribution in [2.24, 2.45) is 0 Å². The van der Waals surface area contributed by atoms with Gasteiger partial charge in [0.2, 0.25) is 6.41 Å². The van der Waals surface area contributed by atoms with E-state index in [1.54, 1.807) is 28.0 Å². The van der Waals surface area contributed by atoms with E-state index in [2.05, 4.69) is 15.2 Å². The van der Waals surface area contributed by atoms with Crippen molar-refractivity contribution in [1.29, 1.82) is 0 Å². The average Bonchev–Trinajstić information content (AvgIpc) is 2.74. The third kappa shape index (κ3) is 5.24. The summed E-state index contributed by atoms with van der Waals surface area (Å²) in [5, 5.41) is 2.85. The smallest absolute Gasteiger partial charge is 0.272 e. The highest BCUT2D eigenvalue weighted by atomic mass is 16.5. The molecule has 1 aromatic heterocycles. The zero-order valence-electron chi connectivity index (χ0n) is 15.3. The number of pyridine rings is 1. The summed E-state index contributed by atoms with van der Waals surface area (Å²) in [6.45, 7) is 6.42. The van der Waals surface area contributed by atoms with Crippen molar-refractivity contribution in [2.45, 2.75) is 0 Å². The van der Waals surface area contributed by atoms with Crippen molar-refractivity contribution < 1.29 is 19.1 Å². The molecule has 0 saturated carbocycles. The molecule has 3 amide bonds. The molecule has 0 radical (unpaired) electrons. The molecular formula is C18H25N5O4. The second-order valence-corrected chi connectivity index (χ2v) is 6.55. The third-order valence-electron chi connectivity index (χ3n) is 4.77. The molecule has 0 aromatic carbocycles. The van der Waals surface area contributed by atoms with E-state index in [0.717, 1.165) is 39.3 Å². The number of hydrogen-bond acceptors (Lipinski definition) is 6. The minimum Gasteiger partial charge on any atom is -0.379 e. The Morgan fingerprint density at radius 3 is 2.48 bits per heavy atom. The molecule has 2 saturated heterocycles. The molecule has 9 heteroatoms. The molecular weight excluding hydrogens is 350 g/mol. The van der Waals surface area contributed by atoms with Gasteiger partial charge in [-0.25, -0.2) is 4.98 Å². The SMILES string of the molecule is O=CN1CCN(C(=O)c2cccc(C(=O)NCCN3CCOCC3)n2)CC1. The maximum absolute atomic E-state index is 12.6. The topological polar surface area (TPSA) is 95.1 Å². The summed E-state index contributed by atoms with van der Waals surface area (Å²) in [6.07, 6.45) is 0.794. The maximum Gasteiger partial charge on any atom is 0.272 e. The summed E-state index contributed by atoms with van der Waals surface area (Å²) in [6, 6.07) is 4.88. The van der Waals surface area contributed by atoms with Crippen LogP contribution < -0.4 is 5.32 Å². The van der Waals surface area contributed by atoms with Crippen LogP contribution in [0, 0.1) is 0 Å². The molecule has 9 nitrogen and oxygen atoms in total. The van der Waals surface area contributed by atoms with E-state index in [1.165, 1.54) is 0 Å². The van der Waals surface area contributed by atoms with E-state index in [1.807, 2.05) is 0 Å². The van der Waals surface area contributed by atoms with Gasteiger partial charge in [0.25, 0.3) is 11.8 Å². The Kier molecular flexibility index (Phi) is 6.72. The van der Waals surface area contributed by atoms with Crippen molar-refractivity contribution >= 4 is 18.2 Å². The van der Waals surface area contributed by atoms with Crippen LogP contribution in [0.3, 0.4) is 0 Å². The lowest BCUT2D eigenvalue weighted by molar-refractivity contribution is -0.119. The molecule has 0 atom stereocenters. The average molecular weight is 375 g/mol. The van der Waals surface area contributed by atoms with Gasteiger partial charge in [-0.05, 0) is 12.1 Å². The third-order valence-corrected chi connectivity index (χ3v) is 4.77. The zero-order valence-corrected chi connectivity index (χ0v) is 15.3. The second kappa shape index (κ2) is 9.43. The Morgan fingerprint density at radius 1 is 1.07 bits per heavy atom. The monoisotopic (exact) mass is 375 g/mol. The number of nitrogens with one attached hydrogen (secondary N) is 1. The summed E-state index contributed by atoms with van der Waals surface area (Å²) < 4.78 is 5.30. The summed E-state index contributed by atoms with van der Waals surface area (Å²) >= 11 is 0. The largest absolute Gasteiger partial charge is 0.379 e. The first-order valence-corrected chi connectivity index (χ1v) is 9.21. The number of morpholine rings is 1. The van der Waals surface area contributed by atoms with Crippen LogP contribution >= 0.6 is 0 Å². The molecule has 2 fully saturated rings. The molecule has 146 valence electrons. The number of amides is 3. The van der Waals surface area contributed by atoms with Gasteiger partial charge in [0.1, 0.15) is 11.4 Å². The van der Waals surface area contributed by atoms with Gasteiger partial charge in [-0.15, -0.1) is 0 Å². The number of carbonyl (C=O) groups is 3. The van der Waals surface area contributed by atoms with Crippen molar-refractivity contribution in [3.63, 3.8) is 0 Å². The molecule has 3 heterocycles. The molecule has 1 N–H and O–H groups in total. The second-order valence-electron chi connectivity index (χ2n) is 6.55. The molecule has 0 aliphatic carbocycles. The maximum atomic E-state index is 12.6. The first-order valence-electron chi connectivity index (χ1n) is 9.21. The Balaban J connectivity index is 1.52. The Hall–Kier alpha value is -2.52. The Morgan fingerprint density at radius 2 is 1.78 bits per heavy atom. The lowest BCUT2D eigenvalue weighted by atomic mass is 10.2. The van der Waals surface area contributed by atoms with Crippen LogP contribution in [-0.2, 0) is 9.53 Å². The van der Waals surface area contributed by atoms with Crippen molar-refractivity contribution in [3.8, 4) is 0 Å². The number of nitrogens with zero attached hydrogens (tertiary/aromatic N) is 4. The van der Waals surface area contributed by atoms with Crippen molar-refractivity contribution in [1.82, 2.24) is 25.0 Å². The molecule has 2 aliphatic heterocycles. The van der Waals surface area contributed by atoms with Gasteiger partial charge in [-0.3, -0.25) is 19.3 Å². The van der Waals surface area contributed by atoms with E-state index in [4.69, 9.17) is 4.74 Å². The molecule has 2 aliphatic rings. The first kappa shape index (κ1) is 19.2. The van der Waals surface area contributed by atoms with E-state index in [-0.39, 0.29) is 23.2 Å². The number of rotatable bonds is 6. The van der Waals surface area contributed by atoms with E-state index >= 15 is 0 Å². The number of piperazine rings is 1. The van der Waals surface area contributed by atoms with Crippen molar-refractivity contribution in [2.75, 3.05) is 65.6 Å². The predicted molar refractivity (Wildman–Crippen MR) is 97.4 cm³/mol. The van der Waals surface area contributed by atoms with Gasteiger partial charge < -0.3 is 19.9 Å². The van der Waals surface area contributed by atoms with Gasteiger partial charge in [0, 0.05) is 52.4 Å². The highest BCUT2D eigenvalue weighted by molar-refractivity contribution is 5.96. The van der Waals surface area contributed by atoms with E-state index in [0.29, 0.717) is 32.7 Å². The number of carbonyl (C=O) groups excluding carboxylic acids is 3. The van der Waals surface area contributed by atoms with Gasteiger partial charge in [0.05, 0.1) is 13.2 Å². The number of ether oxygens (including phenoxy) is 1. The van der Waals surface area contributed by atoms with Gasteiger partial charge in [0.15, 0.2) is 0 Å². The van der Waals surface area contributed by atoms with Gasteiger partial charge in [-0.2, -0.15) is 0 Å². The molecule has 0 unspecified atom stereocenters. The van der Waals surface area contributed by atoms with Crippen LogP contribution in [0.4, 0.5) is 0 Å². The summed E-state index contributed by atoms with van der Waals surface area (Å²) in [5.41, 5.74) is 0.477. The molecule has 0 bridgehead atoms. The summed E-state index contributed by atoms with van der Waals surface area (Å²) in [7, 11) is 0. The van der Waals surface area contributed by atoms with Crippen molar-refractivity contribution in [3.05, 3.63) is 29.6 Å². The highest BCUT2D eigenvalue weighted by Gasteiger charge is 2.23. The lowest BCUT2D eigenvalue weighted by Crippen LogP contribution is -2.48. The molecule has 1 aromatic rings. The summed E-state index contributed by atoms with van der Waals surface area (Å²) in [5.74, 6) is -0.507. The Bertz CT molecular complexity index is 669. The standard InChI is InChI=1S/C18H25N5O4/c24-14-22-6-8-23(9-7-22)18(26)16-3-1-2-15(20-16)17(25)19-4-5-21-10-12-27-13-11-21/h1-3,14H,4-13H2,(H,19,25). The molecule has 0 spiro atoms. The zero-order chi connectivity index (χ0) is 19.1. The van der Waals surface area contributed by atoms with Crippen LogP contribution in [0.15, 0.2) is 18.2 Å². The fourth-order valence-electron chi connectivity index (χ4n) is 3.12. The fraction of sp³-hybridized carbons (Fsp3) is 0.556. The van der Waals surface area contributed by atoms with Crippen LogP contribution in [0.25, 0.3) is 0 Å². The number of hydrogen-bond donors (Lipinski definition) is 1. The van der Waals surface area contributed by atoms with Gasteiger partial charge >= 0.3 is 0 Å². The quantitative estimate of drug-likeness (QED) is 0.645. The molecule has 27 heavy (non-hydrogen) atoms. The van der Waals surface area contributed by atoms with Crippen LogP contribution in [-0.4, -0.2) is 103 Å². The molecule has 3 rings (SSSR count). The minimum absolute atomic E-state index is 0.219. The lowest BCUT2D eigenvalue weighted by Gasteiger charge is -2.32. The minimum atomic E-state index is -0.288. The van der Waals surface area contributed by atoms with E-state index in [9.17, 15) is 14.4 Å². The van der Waals surface area contributed by atoms with E-state index < -0.39 is 0 Å². The van der Waals surface area contributed by atoms with Crippen LogP contribution in [0.2, 0.25) is 0 Å². The van der Waals surface area contributed by atoms with Gasteiger partial charge in [-0.1, -0.05) is 6.07 Å². The fourth-order valence-corrected chi connectivity index (χ4v) is 3.12. The number of aromatic nitrogens is 1. The normalized spacial score (nSPS) is 18.2. The Labute approximate surface area is 158 Å². The predicted octanol–water partition coefficient (Wildman–Crippen LogP) is -0.942. The summed E-state index contributed by atoms with van der Waals surface area (Å²) in [4.78, 5) is 45.5.